The standard InChI is InChI=1S/C6H11NO2S/c8-10(9)6-4-2-1-3-5-7-10/h6H,1-5H2. The molecule has 10 heavy (non-hydrogen) atoms. The van der Waals surface area contributed by atoms with Gasteiger partial charge in [0.15, 0.2) is 0 Å². The van der Waals surface area contributed by atoms with Gasteiger partial charge in [-0.1, -0.05) is 12.8 Å². The van der Waals surface area contributed by atoms with Crippen molar-refractivity contribution in [2.75, 3.05) is 6.54 Å². The average molecular weight is 161 g/mol. The summed E-state index contributed by atoms with van der Waals surface area (Å²) in [6.45, 7) is 0.471. The lowest BCUT2D eigenvalue weighted by molar-refractivity contribution is 0.564. The van der Waals surface area contributed by atoms with Gasteiger partial charge in [0.1, 0.15) is 0 Å². The summed E-state index contributed by atoms with van der Waals surface area (Å²) in [5.74, 6) is 1.31. The van der Waals surface area contributed by atoms with Gasteiger partial charge in [-0.3, -0.25) is 0 Å². The molecule has 58 valence electrons. The highest BCUT2D eigenvalue weighted by molar-refractivity contribution is 7.91. The fraction of sp³-hybridized carbons (Fsp3) is 0.833. The van der Waals surface area contributed by atoms with Gasteiger partial charge in [0, 0.05) is 6.54 Å². The second kappa shape index (κ2) is 3.34. The topological polar surface area (TPSA) is 48.2 Å². The zero-order chi connectivity index (χ0) is 7.45. The van der Waals surface area contributed by atoms with E-state index >= 15 is 0 Å². The Hall–Kier alpha value is -0.0900. The van der Waals surface area contributed by atoms with E-state index in [1.807, 2.05) is 0 Å². The van der Waals surface area contributed by atoms with Crippen LogP contribution >= 0.6 is 0 Å². The number of hydrogen-bond donors (Lipinski definition) is 0. The van der Waals surface area contributed by atoms with Crippen molar-refractivity contribution < 1.29 is 8.42 Å². The second-order valence-electron chi connectivity index (χ2n) is 2.38. The van der Waals surface area contributed by atoms with Crippen LogP contribution in [0.4, 0.5) is 0 Å². The molecule has 1 rings (SSSR count). The van der Waals surface area contributed by atoms with E-state index in [9.17, 15) is 8.42 Å². The Morgan fingerprint density at radius 2 is 2.00 bits per heavy atom. The first kappa shape index (κ1) is 8.01. The summed E-state index contributed by atoms with van der Waals surface area (Å²) >= 11 is 0. The van der Waals surface area contributed by atoms with Gasteiger partial charge in [-0.05, 0) is 12.8 Å². The maximum Gasteiger partial charge on any atom is 0.232 e. The van der Waals surface area contributed by atoms with E-state index in [2.05, 4.69) is 4.72 Å². The van der Waals surface area contributed by atoms with Crippen LogP contribution in [0, 0.1) is 5.75 Å². The molecule has 1 heterocycles. The van der Waals surface area contributed by atoms with E-state index in [4.69, 9.17) is 0 Å². The van der Waals surface area contributed by atoms with Crippen molar-refractivity contribution in [1.29, 1.82) is 0 Å². The average Bonchev–Trinajstić information content (AvgIpc) is 1.81. The zero-order valence-electron chi connectivity index (χ0n) is 5.78. The minimum Gasteiger partial charge on any atom is -0.211 e. The summed E-state index contributed by atoms with van der Waals surface area (Å²) in [6, 6.07) is 0. The van der Waals surface area contributed by atoms with Crippen molar-refractivity contribution in [3.63, 3.8) is 0 Å². The molecule has 2 radical (unpaired) electrons. The predicted octanol–water partition coefficient (Wildman–Crippen LogP) is 0.656. The molecule has 0 unspecified atom stereocenters. The summed E-state index contributed by atoms with van der Waals surface area (Å²) in [5, 5.41) is 0. The van der Waals surface area contributed by atoms with Crippen LogP contribution in [0.25, 0.3) is 0 Å². The van der Waals surface area contributed by atoms with Crippen LogP contribution in [0.15, 0.2) is 0 Å². The molecule has 0 amide bonds. The van der Waals surface area contributed by atoms with E-state index < -0.39 is 10.0 Å². The van der Waals surface area contributed by atoms with Crippen LogP contribution in [0.5, 0.6) is 0 Å². The van der Waals surface area contributed by atoms with Crippen LogP contribution in [0.3, 0.4) is 0 Å². The molecule has 0 aromatic heterocycles. The summed E-state index contributed by atoms with van der Waals surface area (Å²) < 4.78 is 25.1. The Bertz CT molecular complexity index is 172. The summed E-state index contributed by atoms with van der Waals surface area (Å²) in [7, 11) is -3.14. The predicted molar refractivity (Wildman–Crippen MR) is 38.7 cm³/mol. The molecule has 0 aromatic carbocycles. The molecule has 0 N–H and O–H groups in total. The highest BCUT2D eigenvalue weighted by atomic mass is 32.2. The Labute approximate surface area is 61.9 Å². The molecule has 0 aromatic rings. The molecule has 1 aliphatic rings. The minimum absolute atomic E-state index is 0.471. The third-order valence-corrected chi connectivity index (χ3v) is 2.66. The molecule has 1 aliphatic heterocycles. The molecule has 3 nitrogen and oxygen atoms in total. The van der Waals surface area contributed by atoms with E-state index in [-0.39, 0.29) is 0 Å². The molecule has 0 saturated carbocycles. The van der Waals surface area contributed by atoms with Crippen molar-refractivity contribution in [2.24, 2.45) is 0 Å². The number of nitrogens with zero attached hydrogens (tertiary/aromatic N) is 1. The first-order chi connectivity index (χ1) is 4.71. The molecule has 4 heteroatoms. The smallest absolute Gasteiger partial charge is 0.211 e. The van der Waals surface area contributed by atoms with Crippen molar-refractivity contribution in [3.8, 4) is 0 Å². The van der Waals surface area contributed by atoms with Crippen molar-refractivity contribution in [1.82, 2.24) is 4.72 Å². The molecule has 0 aliphatic carbocycles. The third kappa shape index (κ3) is 2.66. The van der Waals surface area contributed by atoms with E-state index in [0.29, 0.717) is 13.0 Å². The van der Waals surface area contributed by atoms with Gasteiger partial charge >= 0.3 is 0 Å². The minimum atomic E-state index is -3.14. The van der Waals surface area contributed by atoms with Crippen LogP contribution in [0.1, 0.15) is 25.7 Å². The lowest BCUT2D eigenvalue weighted by Gasteiger charge is -2.07. The summed E-state index contributed by atoms with van der Waals surface area (Å²) in [4.78, 5) is 0. The van der Waals surface area contributed by atoms with Crippen molar-refractivity contribution >= 4 is 10.0 Å². The number of sulfonamides is 1. The van der Waals surface area contributed by atoms with Crippen molar-refractivity contribution in [2.45, 2.75) is 25.7 Å². The highest BCUT2D eigenvalue weighted by Crippen LogP contribution is 2.09. The first-order valence-electron chi connectivity index (χ1n) is 3.48. The van der Waals surface area contributed by atoms with Gasteiger partial charge < -0.3 is 0 Å². The maximum absolute atomic E-state index is 10.8. The molecule has 1 saturated heterocycles. The Kier molecular flexibility index (Phi) is 2.68. The van der Waals surface area contributed by atoms with Crippen LogP contribution < -0.4 is 4.72 Å². The quantitative estimate of drug-likeness (QED) is 0.524. The Balaban J connectivity index is 2.46. The fourth-order valence-electron chi connectivity index (χ4n) is 0.910. The van der Waals surface area contributed by atoms with Gasteiger partial charge in [0.25, 0.3) is 0 Å². The lowest BCUT2D eigenvalue weighted by atomic mass is 10.2. The van der Waals surface area contributed by atoms with Gasteiger partial charge in [0.05, 0.1) is 5.75 Å². The lowest BCUT2D eigenvalue weighted by Crippen LogP contribution is -2.19. The van der Waals surface area contributed by atoms with Crippen LogP contribution in [-0.2, 0) is 10.0 Å². The Morgan fingerprint density at radius 1 is 1.20 bits per heavy atom. The van der Waals surface area contributed by atoms with E-state index in [1.165, 1.54) is 5.75 Å². The third-order valence-electron chi connectivity index (χ3n) is 1.46. The Morgan fingerprint density at radius 3 is 2.80 bits per heavy atom. The largest absolute Gasteiger partial charge is 0.232 e. The van der Waals surface area contributed by atoms with Crippen LogP contribution in [-0.4, -0.2) is 15.0 Å². The van der Waals surface area contributed by atoms with Gasteiger partial charge in [-0.15, -0.1) is 4.72 Å². The first-order valence-corrected chi connectivity index (χ1v) is 4.98. The number of rotatable bonds is 0. The molecular formula is C6H11NO2S. The van der Waals surface area contributed by atoms with Gasteiger partial charge in [-0.25, -0.2) is 8.42 Å². The summed E-state index contributed by atoms with van der Waals surface area (Å²) in [5.41, 5.74) is 0. The van der Waals surface area contributed by atoms with E-state index in [0.717, 1.165) is 19.3 Å². The molecule has 0 bridgehead atoms. The molecular weight excluding hydrogens is 150 g/mol. The van der Waals surface area contributed by atoms with Gasteiger partial charge in [-0.2, -0.15) is 0 Å². The SMILES string of the molecule is O=S1(=O)[CH]CCCCC[N]1. The van der Waals surface area contributed by atoms with Gasteiger partial charge in [0.2, 0.25) is 10.0 Å². The van der Waals surface area contributed by atoms with E-state index in [1.54, 1.807) is 0 Å². The molecule has 0 atom stereocenters. The van der Waals surface area contributed by atoms with Crippen molar-refractivity contribution in [3.05, 3.63) is 5.75 Å². The molecule has 0 spiro atoms. The maximum atomic E-state index is 10.8. The monoisotopic (exact) mass is 161 g/mol. The second-order valence-corrected chi connectivity index (χ2v) is 4.01. The van der Waals surface area contributed by atoms with Crippen LogP contribution in [0.2, 0.25) is 0 Å². The summed E-state index contributed by atoms with van der Waals surface area (Å²) in [6.07, 6.45) is 3.64. The normalized spacial score (nSPS) is 26.8. The molecule has 1 fully saturated rings. The fourth-order valence-corrected chi connectivity index (χ4v) is 1.86. The number of hydrogen-bond acceptors (Lipinski definition) is 2. The highest BCUT2D eigenvalue weighted by Gasteiger charge is 2.13. The zero-order valence-corrected chi connectivity index (χ0v) is 6.60.